The summed E-state index contributed by atoms with van der Waals surface area (Å²) in [5.41, 5.74) is -2.00. The zero-order valence-corrected chi connectivity index (χ0v) is 18.9. The molecule has 0 unspecified atom stereocenters. The number of rotatable bonds is 5. The maximum Gasteiger partial charge on any atom is 0.338 e. The van der Waals surface area contributed by atoms with Gasteiger partial charge in [0, 0.05) is 25.2 Å². The van der Waals surface area contributed by atoms with Crippen LogP contribution in [0.2, 0.25) is 5.02 Å². The summed E-state index contributed by atoms with van der Waals surface area (Å²) in [7, 11) is 0. The molecule has 2 aromatic heterocycles. The van der Waals surface area contributed by atoms with Crippen molar-refractivity contribution < 1.29 is 17.6 Å². The van der Waals surface area contributed by atoms with E-state index in [0.717, 1.165) is 21.3 Å². The van der Waals surface area contributed by atoms with Gasteiger partial charge in [0.25, 0.3) is 5.56 Å². The van der Waals surface area contributed by atoms with Gasteiger partial charge in [0.15, 0.2) is 11.6 Å². The first-order valence-electron chi connectivity index (χ1n) is 10.6. The largest absolute Gasteiger partial charge is 0.357 e. The van der Waals surface area contributed by atoms with E-state index in [2.05, 4.69) is 4.98 Å². The molecule has 3 heterocycles. The zero-order chi connectivity index (χ0) is 25.3. The van der Waals surface area contributed by atoms with Crippen molar-refractivity contribution in [1.29, 1.82) is 5.26 Å². The second-order valence-corrected chi connectivity index (χ2v) is 8.45. The maximum absolute atomic E-state index is 14.2. The lowest BCUT2D eigenvalue weighted by Gasteiger charge is -2.35. The van der Waals surface area contributed by atoms with Crippen LogP contribution in [0.4, 0.5) is 23.4 Å². The van der Waals surface area contributed by atoms with Gasteiger partial charge in [-0.15, -0.1) is 0 Å². The van der Waals surface area contributed by atoms with E-state index in [1.54, 1.807) is 4.90 Å². The molecule has 0 atom stereocenters. The van der Waals surface area contributed by atoms with Crippen LogP contribution in [0, 0.1) is 28.9 Å². The summed E-state index contributed by atoms with van der Waals surface area (Å²) in [6.45, 7) is -0.356. The predicted molar refractivity (Wildman–Crippen MR) is 121 cm³/mol. The molecule has 0 N–H and O–H groups in total. The number of anilines is 1. The van der Waals surface area contributed by atoms with Crippen LogP contribution in [-0.4, -0.2) is 33.6 Å². The van der Waals surface area contributed by atoms with Gasteiger partial charge in [-0.2, -0.15) is 5.26 Å². The number of pyridine rings is 1. The van der Waals surface area contributed by atoms with Crippen LogP contribution in [0.25, 0.3) is 16.8 Å². The summed E-state index contributed by atoms with van der Waals surface area (Å²) in [6.07, 6.45) is 0.150. The number of hydrogen-bond acceptors (Lipinski definition) is 5. The van der Waals surface area contributed by atoms with Crippen LogP contribution in [-0.2, 0) is 6.54 Å². The first-order valence-corrected chi connectivity index (χ1v) is 11.0. The number of alkyl halides is 2. The Morgan fingerprint density at radius 3 is 2.43 bits per heavy atom. The first kappa shape index (κ1) is 24.5. The van der Waals surface area contributed by atoms with Gasteiger partial charge in [0.1, 0.15) is 12.4 Å². The maximum atomic E-state index is 14.2. The van der Waals surface area contributed by atoms with E-state index in [-0.39, 0.29) is 53.6 Å². The van der Waals surface area contributed by atoms with Gasteiger partial charge in [-0.1, -0.05) is 17.7 Å². The molecule has 1 aliphatic heterocycles. The quantitative estimate of drug-likeness (QED) is 0.487. The fraction of sp³-hybridized carbons (Fsp3) is 0.304. The standard InChI is InChI=1S/C23H18ClF4N5O2/c24-15-10-16(12-30-11-15)33-22(34)19(14-1-2-17(25)18(26)9-14)21(32(8-5-29)23(33)35)31-6-3-13(4-7-31)20(27)28/h1-2,9-13,20H,3-4,6-8H2. The lowest BCUT2D eigenvalue weighted by atomic mass is 9.96. The molecule has 0 spiro atoms. The molecule has 0 amide bonds. The lowest BCUT2D eigenvalue weighted by Crippen LogP contribution is -2.45. The van der Waals surface area contributed by atoms with Gasteiger partial charge in [0.2, 0.25) is 6.43 Å². The molecule has 1 saturated heterocycles. The number of aromatic nitrogens is 3. The number of hydrogen-bond donors (Lipinski definition) is 0. The molecule has 35 heavy (non-hydrogen) atoms. The molecule has 182 valence electrons. The van der Waals surface area contributed by atoms with Crippen molar-refractivity contribution in [3.05, 3.63) is 74.2 Å². The van der Waals surface area contributed by atoms with Crippen LogP contribution in [0.1, 0.15) is 12.8 Å². The Bertz CT molecular complexity index is 1420. The average molecular weight is 508 g/mol. The molecule has 3 aromatic rings. The van der Waals surface area contributed by atoms with Crippen LogP contribution in [0.5, 0.6) is 0 Å². The van der Waals surface area contributed by atoms with E-state index in [9.17, 15) is 32.4 Å². The molecule has 1 fully saturated rings. The predicted octanol–water partition coefficient (Wildman–Crippen LogP) is 4.00. The van der Waals surface area contributed by atoms with Crippen molar-refractivity contribution in [2.24, 2.45) is 5.92 Å². The smallest absolute Gasteiger partial charge is 0.338 e. The number of nitrogens with zero attached hydrogens (tertiary/aromatic N) is 5. The van der Waals surface area contributed by atoms with Gasteiger partial charge in [-0.25, -0.2) is 26.9 Å². The SMILES string of the molecule is N#CCn1c(N2CCC(C(F)F)CC2)c(-c2ccc(F)c(F)c2)c(=O)n(-c2cncc(Cl)c2)c1=O. The molecule has 0 aliphatic carbocycles. The molecule has 0 bridgehead atoms. The Morgan fingerprint density at radius 1 is 1.11 bits per heavy atom. The molecular formula is C23H18ClF4N5O2. The molecule has 0 radical (unpaired) electrons. The molecule has 7 nitrogen and oxygen atoms in total. The van der Waals surface area contributed by atoms with Gasteiger partial charge >= 0.3 is 5.69 Å². The molecule has 1 aromatic carbocycles. The first-order chi connectivity index (χ1) is 16.7. The van der Waals surface area contributed by atoms with Crippen LogP contribution in [0.3, 0.4) is 0 Å². The third-order valence-corrected chi connectivity index (χ3v) is 6.11. The van der Waals surface area contributed by atoms with Crippen molar-refractivity contribution in [2.75, 3.05) is 18.0 Å². The van der Waals surface area contributed by atoms with Crippen molar-refractivity contribution in [3.8, 4) is 22.9 Å². The molecular weight excluding hydrogens is 490 g/mol. The third-order valence-electron chi connectivity index (χ3n) is 5.90. The molecule has 1 aliphatic rings. The van der Waals surface area contributed by atoms with Gasteiger partial charge in [0.05, 0.1) is 28.5 Å². The minimum atomic E-state index is -2.52. The normalized spacial score (nSPS) is 14.4. The number of nitriles is 1. The highest BCUT2D eigenvalue weighted by Gasteiger charge is 2.31. The highest BCUT2D eigenvalue weighted by Crippen LogP contribution is 2.33. The monoisotopic (exact) mass is 507 g/mol. The van der Waals surface area contributed by atoms with Crippen molar-refractivity contribution >= 4 is 17.4 Å². The van der Waals surface area contributed by atoms with E-state index in [0.29, 0.717) is 0 Å². The topological polar surface area (TPSA) is 83.9 Å². The average Bonchev–Trinajstić information content (AvgIpc) is 2.83. The van der Waals surface area contributed by atoms with Crippen LogP contribution < -0.4 is 16.1 Å². The van der Waals surface area contributed by atoms with Gasteiger partial charge in [-0.05, 0) is 36.6 Å². The minimum Gasteiger partial charge on any atom is -0.357 e. The Balaban J connectivity index is 2.04. The van der Waals surface area contributed by atoms with Crippen molar-refractivity contribution in [2.45, 2.75) is 25.8 Å². The second kappa shape index (κ2) is 9.92. The zero-order valence-electron chi connectivity index (χ0n) is 18.1. The van der Waals surface area contributed by atoms with E-state index >= 15 is 0 Å². The summed E-state index contributed by atoms with van der Waals surface area (Å²) >= 11 is 5.99. The van der Waals surface area contributed by atoms with Crippen LogP contribution >= 0.6 is 11.6 Å². The number of halogens is 5. The summed E-state index contributed by atoms with van der Waals surface area (Å²) in [5, 5.41) is 9.57. The summed E-state index contributed by atoms with van der Waals surface area (Å²) < 4.78 is 56.0. The Hall–Kier alpha value is -3.65. The van der Waals surface area contributed by atoms with E-state index in [4.69, 9.17) is 11.6 Å². The van der Waals surface area contributed by atoms with E-state index in [1.807, 2.05) is 6.07 Å². The summed E-state index contributed by atoms with van der Waals surface area (Å²) in [5.74, 6) is -3.24. The van der Waals surface area contributed by atoms with Crippen molar-refractivity contribution in [1.82, 2.24) is 14.1 Å². The fourth-order valence-corrected chi connectivity index (χ4v) is 4.37. The van der Waals surface area contributed by atoms with E-state index < -0.39 is 41.8 Å². The summed E-state index contributed by atoms with van der Waals surface area (Å²) in [4.78, 5) is 32.6. The van der Waals surface area contributed by atoms with E-state index in [1.165, 1.54) is 24.5 Å². The minimum absolute atomic E-state index is 0.00554. The Kier molecular flexibility index (Phi) is 6.93. The third kappa shape index (κ3) is 4.66. The van der Waals surface area contributed by atoms with Crippen molar-refractivity contribution in [3.63, 3.8) is 0 Å². The Labute approximate surface area is 201 Å². The molecule has 12 heteroatoms. The number of piperidine rings is 1. The van der Waals surface area contributed by atoms with Gasteiger partial charge < -0.3 is 4.90 Å². The lowest BCUT2D eigenvalue weighted by molar-refractivity contribution is 0.0634. The number of benzene rings is 1. The van der Waals surface area contributed by atoms with Gasteiger partial charge in [-0.3, -0.25) is 14.3 Å². The second-order valence-electron chi connectivity index (χ2n) is 8.02. The summed E-state index contributed by atoms with van der Waals surface area (Å²) in [6, 6.07) is 6.00. The highest BCUT2D eigenvalue weighted by atomic mass is 35.5. The highest BCUT2D eigenvalue weighted by molar-refractivity contribution is 6.30. The van der Waals surface area contributed by atoms with Crippen LogP contribution in [0.15, 0.2) is 46.2 Å². The Morgan fingerprint density at radius 2 is 1.83 bits per heavy atom. The molecule has 4 rings (SSSR count). The molecule has 0 saturated carbocycles. The fourth-order valence-electron chi connectivity index (χ4n) is 4.20.